The number of amides is 3. The van der Waals surface area contributed by atoms with E-state index in [1.807, 2.05) is 39.0 Å². The first-order valence-electron chi connectivity index (χ1n) is 8.10. The minimum absolute atomic E-state index is 0.218. The quantitative estimate of drug-likeness (QED) is 0.922. The molecule has 1 N–H and O–H groups in total. The summed E-state index contributed by atoms with van der Waals surface area (Å²) in [4.78, 5) is 29.5. The molecule has 3 amide bonds. The summed E-state index contributed by atoms with van der Waals surface area (Å²) in [7, 11) is 0. The molecule has 0 radical (unpaired) electrons. The van der Waals surface area contributed by atoms with Crippen LogP contribution in [0.4, 0.5) is 10.5 Å². The molecule has 2 aromatic rings. The second kappa shape index (κ2) is 7.22. The second-order valence-electron chi connectivity index (χ2n) is 5.19. The van der Waals surface area contributed by atoms with Gasteiger partial charge in [-0.3, -0.25) is 20.0 Å². The molecule has 1 aromatic heterocycles. The predicted octanol–water partition coefficient (Wildman–Crippen LogP) is 3.58. The SMILES string of the molecule is CC.CCc1nccc2c(N3CCC(=O)NC3=O)c(C)ccc12. The van der Waals surface area contributed by atoms with Gasteiger partial charge in [-0.15, -0.1) is 0 Å². The fraction of sp³-hybridized carbons (Fsp3) is 0.389. The van der Waals surface area contributed by atoms with Crippen molar-refractivity contribution >= 4 is 28.4 Å². The molecule has 5 heteroatoms. The highest BCUT2D eigenvalue weighted by Crippen LogP contribution is 2.32. The van der Waals surface area contributed by atoms with Crippen molar-refractivity contribution < 1.29 is 9.59 Å². The van der Waals surface area contributed by atoms with Gasteiger partial charge in [-0.1, -0.05) is 32.9 Å². The Hall–Kier alpha value is -2.43. The number of nitrogens with zero attached hydrogens (tertiary/aromatic N) is 2. The molecule has 2 heterocycles. The number of anilines is 1. The van der Waals surface area contributed by atoms with E-state index in [9.17, 15) is 9.59 Å². The Balaban J connectivity index is 0.000000924. The van der Waals surface area contributed by atoms with E-state index in [2.05, 4.69) is 17.2 Å². The first-order chi connectivity index (χ1) is 11.1. The molecule has 0 atom stereocenters. The number of aryl methyl sites for hydroxylation is 2. The predicted molar refractivity (Wildman–Crippen MR) is 92.7 cm³/mol. The average Bonchev–Trinajstić information content (AvgIpc) is 2.57. The van der Waals surface area contributed by atoms with Crippen LogP contribution >= 0.6 is 0 Å². The molecule has 5 nitrogen and oxygen atoms in total. The number of hydrogen-bond acceptors (Lipinski definition) is 3. The highest BCUT2D eigenvalue weighted by Gasteiger charge is 2.26. The zero-order valence-electron chi connectivity index (χ0n) is 14.1. The molecule has 122 valence electrons. The van der Waals surface area contributed by atoms with Crippen LogP contribution in [0.15, 0.2) is 24.4 Å². The van der Waals surface area contributed by atoms with E-state index in [0.29, 0.717) is 13.0 Å². The Kier molecular flexibility index (Phi) is 5.32. The number of carbonyl (C=O) groups is 2. The molecule has 0 aliphatic carbocycles. The lowest BCUT2D eigenvalue weighted by atomic mass is 10.0. The topological polar surface area (TPSA) is 62.3 Å². The molecule has 0 bridgehead atoms. The van der Waals surface area contributed by atoms with Gasteiger partial charge in [0, 0.05) is 35.6 Å². The zero-order valence-corrected chi connectivity index (χ0v) is 14.1. The summed E-state index contributed by atoms with van der Waals surface area (Å²) in [6.45, 7) is 8.45. The number of aromatic nitrogens is 1. The van der Waals surface area contributed by atoms with Crippen LogP contribution in [0.25, 0.3) is 10.8 Å². The number of nitrogens with one attached hydrogen (secondary N) is 1. The smallest absolute Gasteiger partial charge is 0.293 e. The number of pyridine rings is 1. The molecule has 0 unspecified atom stereocenters. The molecule has 23 heavy (non-hydrogen) atoms. The average molecular weight is 313 g/mol. The molecule has 1 fully saturated rings. The van der Waals surface area contributed by atoms with Crippen LogP contribution in [0.2, 0.25) is 0 Å². The van der Waals surface area contributed by atoms with Crippen LogP contribution in [0.5, 0.6) is 0 Å². The normalized spacial score (nSPS) is 14.3. The fourth-order valence-electron chi connectivity index (χ4n) is 2.83. The Bertz CT molecular complexity index is 740. The van der Waals surface area contributed by atoms with Crippen molar-refractivity contribution in [3.05, 3.63) is 35.7 Å². The number of fused-ring (bicyclic) bond motifs is 1. The van der Waals surface area contributed by atoms with Gasteiger partial charge in [-0.25, -0.2) is 4.79 Å². The van der Waals surface area contributed by atoms with E-state index in [-0.39, 0.29) is 11.9 Å². The zero-order chi connectivity index (χ0) is 17.0. The molecule has 1 aliphatic rings. The fourth-order valence-corrected chi connectivity index (χ4v) is 2.83. The van der Waals surface area contributed by atoms with Crippen LogP contribution in [-0.4, -0.2) is 23.5 Å². The summed E-state index contributed by atoms with van der Waals surface area (Å²) in [5.41, 5.74) is 2.90. The number of imide groups is 1. The number of hydrogen-bond donors (Lipinski definition) is 1. The van der Waals surface area contributed by atoms with Crippen molar-refractivity contribution in [2.24, 2.45) is 0 Å². The van der Waals surface area contributed by atoms with Gasteiger partial charge >= 0.3 is 6.03 Å². The van der Waals surface area contributed by atoms with Crippen LogP contribution < -0.4 is 10.2 Å². The van der Waals surface area contributed by atoms with Crippen LogP contribution in [-0.2, 0) is 11.2 Å². The summed E-state index contributed by atoms with van der Waals surface area (Å²) >= 11 is 0. The number of urea groups is 1. The molecule has 1 aromatic carbocycles. The third-order valence-electron chi connectivity index (χ3n) is 3.86. The van der Waals surface area contributed by atoms with Gasteiger partial charge in [0.05, 0.1) is 5.69 Å². The van der Waals surface area contributed by atoms with E-state index >= 15 is 0 Å². The molecule has 1 saturated heterocycles. The molecule has 1 aliphatic heterocycles. The lowest BCUT2D eigenvalue weighted by Crippen LogP contribution is -2.49. The Morgan fingerprint density at radius 2 is 1.91 bits per heavy atom. The number of benzene rings is 1. The highest BCUT2D eigenvalue weighted by molar-refractivity contribution is 6.10. The standard InChI is InChI=1S/C16H17N3O2.C2H6/c1-3-13-11-5-4-10(2)15(12(11)6-8-17-13)19-9-7-14(20)18-16(19)21;1-2/h4-6,8H,3,7,9H2,1-2H3,(H,18,20,21);1-2H3. The molecule has 0 saturated carbocycles. The Morgan fingerprint density at radius 3 is 2.57 bits per heavy atom. The van der Waals surface area contributed by atoms with E-state index in [0.717, 1.165) is 34.1 Å². The number of rotatable bonds is 2. The van der Waals surface area contributed by atoms with Crippen LogP contribution in [0.3, 0.4) is 0 Å². The molecular weight excluding hydrogens is 290 g/mol. The molecule has 3 rings (SSSR count). The Morgan fingerprint density at radius 1 is 1.17 bits per heavy atom. The number of carbonyl (C=O) groups excluding carboxylic acids is 2. The maximum absolute atomic E-state index is 12.1. The highest BCUT2D eigenvalue weighted by atomic mass is 16.2. The lowest BCUT2D eigenvalue weighted by molar-refractivity contribution is -0.120. The summed E-state index contributed by atoms with van der Waals surface area (Å²) in [6, 6.07) is 5.63. The second-order valence-corrected chi connectivity index (χ2v) is 5.19. The Labute approximate surface area is 136 Å². The molecular formula is C18H23N3O2. The monoisotopic (exact) mass is 313 g/mol. The van der Waals surface area contributed by atoms with Crippen molar-refractivity contribution in [1.29, 1.82) is 0 Å². The maximum atomic E-state index is 12.1. The summed E-state index contributed by atoms with van der Waals surface area (Å²) in [6.07, 6.45) is 2.94. The van der Waals surface area contributed by atoms with Gasteiger partial charge in [0.25, 0.3) is 0 Å². The first kappa shape index (κ1) is 16.9. The summed E-state index contributed by atoms with van der Waals surface area (Å²) in [5.74, 6) is -0.218. The minimum atomic E-state index is -0.350. The van der Waals surface area contributed by atoms with Gasteiger partial charge in [0.1, 0.15) is 0 Å². The molecule has 0 spiro atoms. The van der Waals surface area contributed by atoms with Gasteiger partial charge in [0.15, 0.2) is 0 Å². The summed E-state index contributed by atoms with van der Waals surface area (Å²) in [5, 5.41) is 4.45. The maximum Gasteiger partial charge on any atom is 0.328 e. The van der Waals surface area contributed by atoms with E-state index in [4.69, 9.17) is 0 Å². The minimum Gasteiger partial charge on any atom is -0.293 e. The van der Waals surface area contributed by atoms with E-state index in [1.54, 1.807) is 11.1 Å². The van der Waals surface area contributed by atoms with Gasteiger partial charge in [-0.05, 0) is 25.0 Å². The van der Waals surface area contributed by atoms with Crippen molar-refractivity contribution in [1.82, 2.24) is 10.3 Å². The third kappa shape index (κ3) is 3.18. The lowest BCUT2D eigenvalue weighted by Gasteiger charge is -2.29. The first-order valence-corrected chi connectivity index (χ1v) is 8.10. The third-order valence-corrected chi connectivity index (χ3v) is 3.86. The summed E-state index contributed by atoms with van der Waals surface area (Å²) < 4.78 is 0. The van der Waals surface area contributed by atoms with Crippen molar-refractivity contribution in [2.75, 3.05) is 11.4 Å². The van der Waals surface area contributed by atoms with Crippen LogP contribution in [0.1, 0.15) is 38.4 Å². The van der Waals surface area contributed by atoms with E-state index < -0.39 is 0 Å². The van der Waals surface area contributed by atoms with Crippen molar-refractivity contribution in [2.45, 2.75) is 40.5 Å². The van der Waals surface area contributed by atoms with E-state index in [1.165, 1.54) is 0 Å². The van der Waals surface area contributed by atoms with Gasteiger partial charge < -0.3 is 0 Å². The largest absolute Gasteiger partial charge is 0.328 e. The van der Waals surface area contributed by atoms with Gasteiger partial charge in [-0.2, -0.15) is 0 Å². The van der Waals surface area contributed by atoms with Crippen LogP contribution in [0, 0.1) is 6.92 Å². The van der Waals surface area contributed by atoms with Crippen molar-refractivity contribution in [3.8, 4) is 0 Å². The van der Waals surface area contributed by atoms with Gasteiger partial charge in [0.2, 0.25) is 5.91 Å². The van der Waals surface area contributed by atoms with Crippen molar-refractivity contribution in [3.63, 3.8) is 0 Å².